The average Bonchev–Trinajstić information content (AvgIpc) is 2.49. The molecule has 0 fully saturated rings. The van der Waals surface area contributed by atoms with Crippen LogP contribution in [0.5, 0.6) is 0 Å². The first kappa shape index (κ1) is 15.9. The third kappa shape index (κ3) is 4.01. The summed E-state index contributed by atoms with van der Waals surface area (Å²) in [6, 6.07) is 14.1. The molecule has 0 saturated heterocycles. The summed E-state index contributed by atoms with van der Waals surface area (Å²) < 4.78 is 0. The van der Waals surface area contributed by atoms with Gasteiger partial charge < -0.3 is 11.1 Å². The Kier molecular flexibility index (Phi) is 5.05. The molecule has 0 aromatic heterocycles. The number of nitrogens with one attached hydrogen (secondary N) is 1. The summed E-state index contributed by atoms with van der Waals surface area (Å²) in [7, 11) is 0. The fourth-order valence-electron chi connectivity index (χ4n) is 2.42. The maximum atomic E-state index is 5.71. The molecule has 0 amide bonds. The number of hydrogen-bond donors (Lipinski definition) is 2. The molecule has 0 saturated carbocycles. The molecule has 2 rings (SSSR count). The molecule has 0 heterocycles. The molecular formula is C20H24N2. The lowest BCUT2D eigenvalue weighted by molar-refractivity contribution is 0.646. The zero-order valence-electron chi connectivity index (χ0n) is 13.4. The third-order valence-corrected chi connectivity index (χ3v) is 3.55. The highest BCUT2D eigenvalue weighted by molar-refractivity contribution is 5.77. The SMILES string of the molecule is C=Cc1cc(NC(=C)c2ccc(N)cc2)ccc1CC(C)C. The minimum atomic E-state index is 0.627. The van der Waals surface area contributed by atoms with E-state index < -0.39 is 0 Å². The van der Waals surface area contributed by atoms with Gasteiger partial charge in [0, 0.05) is 17.1 Å². The summed E-state index contributed by atoms with van der Waals surface area (Å²) in [5.74, 6) is 0.627. The van der Waals surface area contributed by atoms with Gasteiger partial charge in [0.05, 0.1) is 0 Å². The molecular weight excluding hydrogens is 268 g/mol. The van der Waals surface area contributed by atoms with Crippen LogP contribution in [-0.4, -0.2) is 0 Å². The van der Waals surface area contributed by atoms with E-state index >= 15 is 0 Å². The van der Waals surface area contributed by atoms with Crippen molar-refractivity contribution in [3.05, 3.63) is 72.3 Å². The molecule has 0 spiro atoms. The highest BCUT2D eigenvalue weighted by Crippen LogP contribution is 2.23. The van der Waals surface area contributed by atoms with Crippen molar-refractivity contribution in [1.29, 1.82) is 0 Å². The van der Waals surface area contributed by atoms with Crippen molar-refractivity contribution < 1.29 is 0 Å². The van der Waals surface area contributed by atoms with Crippen molar-refractivity contribution in [2.45, 2.75) is 20.3 Å². The van der Waals surface area contributed by atoms with Gasteiger partial charge in [0.2, 0.25) is 0 Å². The van der Waals surface area contributed by atoms with Gasteiger partial charge in [-0.25, -0.2) is 0 Å². The van der Waals surface area contributed by atoms with E-state index in [1.165, 1.54) is 11.1 Å². The first-order valence-electron chi connectivity index (χ1n) is 7.57. The predicted molar refractivity (Wildman–Crippen MR) is 98.6 cm³/mol. The summed E-state index contributed by atoms with van der Waals surface area (Å²) in [6.07, 6.45) is 2.97. The highest BCUT2D eigenvalue weighted by Gasteiger charge is 2.05. The fraction of sp³-hybridized carbons (Fsp3) is 0.200. The smallest absolute Gasteiger partial charge is 0.0390 e. The van der Waals surface area contributed by atoms with Crippen LogP contribution in [0.15, 0.2) is 55.6 Å². The molecule has 2 aromatic rings. The lowest BCUT2D eigenvalue weighted by atomic mass is 9.97. The molecule has 114 valence electrons. The van der Waals surface area contributed by atoms with Crippen LogP contribution in [0.2, 0.25) is 0 Å². The Labute approximate surface area is 133 Å². The van der Waals surface area contributed by atoms with Gasteiger partial charge in [-0.1, -0.05) is 51.3 Å². The maximum Gasteiger partial charge on any atom is 0.0390 e. The number of hydrogen-bond acceptors (Lipinski definition) is 2. The largest absolute Gasteiger partial charge is 0.399 e. The van der Waals surface area contributed by atoms with Crippen LogP contribution in [0.25, 0.3) is 11.8 Å². The van der Waals surface area contributed by atoms with Crippen molar-refractivity contribution in [3.8, 4) is 0 Å². The van der Waals surface area contributed by atoms with Crippen LogP contribution in [0.3, 0.4) is 0 Å². The van der Waals surface area contributed by atoms with E-state index in [1.54, 1.807) is 0 Å². The fourth-order valence-corrected chi connectivity index (χ4v) is 2.42. The summed E-state index contributed by atoms with van der Waals surface area (Å²) >= 11 is 0. The first-order valence-corrected chi connectivity index (χ1v) is 7.57. The van der Waals surface area contributed by atoms with Crippen LogP contribution >= 0.6 is 0 Å². The zero-order chi connectivity index (χ0) is 16.1. The molecule has 0 aliphatic rings. The number of nitrogens with two attached hydrogens (primary N) is 1. The molecule has 0 aliphatic carbocycles. The average molecular weight is 292 g/mol. The van der Waals surface area contributed by atoms with Gasteiger partial charge in [0.15, 0.2) is 0 Å². The Morgan fingerprint density at radius 2 is 1.86 bits per heavy atom. The Balaban J connectivity index is 2.17. The summed E-state index contributed by atoms with van der Waals surface area (Å²) in [5, 5.41) is 3.35. The third-order valence-electron chi connectivity index (χ3n) is 3.55. The highest BCUT2D eigenvalue weighted by atomic mass is 14.9. The Hall–Kier alpha value is -2.48. The van der Waals surface area contributed by atoms with Gasteiger partial charge in [-0.3, -0.25) is 0 Å². The number of rotatable bonds is 6. The van der Waals surface area contributed by atoms with E-state index in [0.29, 0.717) is 5.92 Å². The Bertz CT molecular complexity index is 667. The second-order valence-electron chi connectivity index (χ2n) is 5.94. The topological polar surface area (TPSA) is 38.0 Å². The molecule has 0 aliphatic heterocycles. The molecule has 2 nitrogen and oxygen atoms in total. The molecule has 0 bridgehead atoms. The number of benzene rings is 2. The molecule has 22 heavy (non-hydrogen) atoms. The van der Waals surface area contributed by atoms with Crippen molar-refractivity contribution in [2.75, 3.05) is 11.1 Å². The summed E-state index contributed by atoms with van der Waals surface area (Å²) in [4.78, 5) is 0. The minimum Gasteiger partial charge on any atom is -0.399 e. The van der Waals surface area contributed by atoms with E-state index in [9.17, 15) is 0 Å². The maximum absolute atomic E-state index is 5.71. The molecule has 0 radical (unpaired) electrons. The Morgan fingerprint density at radius 1 is 1.18 bits per heavy atom. The van der Waals surface area contributed by atoms with Crippen LogP contribution in [0.4, 0.5) is 11.4 Å². The molecule has 0 unspecified atom stereocenters. The van der Waals surface area contributed by atoms with E-state index in [1.807, 2.05) is 30.3 Å². The number of nitrogen functional groups attached to an aromatic ring is 1. The van der Waals surface area contributed by atoms with Gasteiger partial charge >= 0.3 is 0 Å². The van der Waals surface area contributed by atoms with Crippen LogP contribution < -0.4 is 11.1 Å². The van der Waals surface area contributed by atoms with E-state index in [0.717, 1.165) is 29.1 Å². The van der Waals surface area contributed by atoms with Gasteiger partial charge in [-0.05, 0) is 53.3 Å². The van der Waals surface area contributed by atoms with Gasteiger partial charge in [-0.15, -0.1) is 0 Å². The van der Waals surface area contributed by atoms with Crippen molar-refractivity contribution in [1.82, 2.24) is 0 Å². The summed E-state index contributed by atoms with van der Waals surface area (Å²) in [5.41, 5.74) is 11.9. The van der Waals surface area contributed by atoms with Crippen molar-refractivity contribution in [3.63, 3.8) is 0 Å². The molecule has 3 N–H and O–H groups in total. The van der Waals surface area contributed by atoms with Crippen LogP contribution in [0, 0.1) is 5.92 Å². The molecule has 2 heteroatoms. The first-order chi connectivity index (χ1) is 10.5. The van der Waals surface area contributed by atoms with Gasteiger partial charge in [-0.2, -0.15) is 0 Å². The quantitative estimate of drug-likeness (QED) is 0.719. The van der Waals surface area contributed by atoms with Crippen molar-refractivity contribution in [2.24, 2.45) is 5.92 Å². The van der Waals surface area contributed by atoms with E-state index in [2.05, 4.69) is 50.5 Å². The summed E-state index contributed by atoms with van der Waals surface area (Å²) in [6.45, 7) is 12.5. The Morgan fingerprint density at radius 3 is 2.45 bits per heavy atom. The standard InChI is InChI=1S/C20H24N2/c1-5-16-13-20(11-8-18(16)12-14(2)3)22-15(4)17-6-9-19(21)10-7-17/h5-11,13-14,22H,1,4,12,21H2,2-3H3. The van der Waals surface area contributed by atoms with Gasteiger partial charge in [0.25, 0.3) is 0 Å². The monoisotopic (exact) mass is 292 g/mol. The van der Waals surface area contributed by atoms with Gasteiger partial charge in [0.1, 0.15) is 0 Å². The molecule has 0 atom stereocenters. The number of anilines is 2. The second-order valence-corrected chi connectivity index (χ2v) is 5.94. The second kappa shape index (κ2) is 6.99. The lowest BCUT2D eigenvalue weighted by Gasteiger charge is -2.14. The van der Waals surface area contributed by atoms with Crippen molar-refractivity contribution >= 4 is 23.1 Å². The van der Waals surface area contributed by atoms with E-state index in [4.69, 9.17) is 5.73 Å². The minimum absolute atomic E-state index is 0.627. The normalized spacial score (nSPS) is 10.5. The zero-order valence-corrected chi connectivity index (χ0v) is 13.4. The molecule has 2 aromatic carbocycles. The van der Waals surface area contributed by atoms with E-state index in [-0.39, 0.29) is 0 Å². The van der Waals surface area contributed by atoms with Crippen LogP contribution in [-0.2, 0) is 6.42 Å². The predicted octanol–water partition coefficient (Wildman–Crippen LogP) is 5.19. The van der Waals surface area contributed by atoms with Crippen LogP contribution in [0.1, 0.15) is 30.5 Å². The lowest BCUT2D eigenvalue weighted by Crippen LogP contribution is -2.01.